The van der Waals surface area contributed by atoms with E-state index >= 15 is 0 Å². The van der Waals surface area contributed by atoms with Crippen molar-refractivity contribution in [1.29, 1.82) is 0 Å². The van der Waals surface area contributed by atoms with E-state index in [0.717, 1.165) is 63.4 Å². The van der Waals surface area contributed by atoms with Crippen molar-refractivity contribution in [2.45, 2.75) is 77.0 Å². The van der Waals surface area contributed by atoms with Crippen molar-refractivity contribution in [2.24, 2.45) is 0 Å². The molecular weight excluding hydrogens is 384 g/mol. The number of piperidine rings is 2. The van der Waals surface area contributed by atoms with E-state index in [1.807, 2.05) is 30.3 Å². The molecule has 1 aromatic heterocycles. The number of aromatic nitrogens is 2. The van der Waals surface area contributed by atoms with Gasteiger partial charge in [0.15, 0.2) is 0 Å². The SMILES string of the molecule is CC(C)N1CCC(c2ncc(C(C)(C)N3CCC(Oc4ccccc4)CC3)cn2)CC1. The lowest BCUT2D eigenvalue weighted by Crippen LogP contribution is -2.48. The van der Waals surface area contributed by atoms with E-state index < -0.39 is 0 Å². The highest BCUT2D eigenvalue weighted by Gasteiger charge is 2.33. The first kappa shape index (κ1) is 22.2. The number of likely N-dealkylation sites (tertiary alicyclic amines) is 2. The Hall–Kier alpha value is -1.98. The van der Waals surface area contributed by atoms with Crippen LogP contribution < -0.4 is 4.74 Å². The van der Waals surface area contributed by atoms with Crippen LogP contribution in [0.4, 0.5) is 0 Å². The molecule has 168 valence electrons. The summed E-state index contributed by atoms with van der Waals surface area (Å²) in [5.74, 6) is 2.50. The summed E-state index contributed by atoms with van der Waals surface area (Å²) >= 11 is 0. The zero-order chi connectivity index (χ0) is 21.8. The van der Waals surface area contributed by atoms with Crippen LogP contribution in [-0.4, -0.2) is 58.1 Å². The Morgan fingerprint density at radius 2 is 1.52 bits per heavy atom. The van der Waals surface area contributed by atoms with Gasteiger partial charge < -0.3 is 9.64 Å². The molecule has 31 heavy (non-hydrogen) atoms. The number of hydrogen-bond donors (Lipinski definition) is 0. The first-order chi connectivity index (χ1) is 14.9. The van der Waals surface area contributed by atoms with E-state index in [-0.39, 0.29) is 5.54 Å². The fraction of sp³-hybridized carbons (Fsp3) is 0.615. The first-order valence-corrected chi connectivity index (χ1v) is 12.0. The zero-order valence-corrected chi connectivity index (χ0v) is 19.6. The van der Waals surface area contributed by atoms with E-state index in [1.165, 1.54) is 5.56 Å². The lowest BCUT2D eigenvalue weighted by molar-refractivity contribution is 0.0388. The van der Waals surface area contributed by atoms with Gasteiger partial charge in [-0.2, -0.15) is 0 Å². The van der Waals surface area contributed by atoms with Gasteiger partial charge in [-0.05, 0) is 78.6 Å². The number of benzene rings is 1. The molecule has 4 rings (SSSR count). The molecule has 0 saturated carbocycles. The minimum atomic E-state index is -0.0722. The van der Waals surface area contributed by atoms with Crippen LogP contribution in [0.2, 0.25) is 0 Å². The lowest BCUT2D eigenvalue weighted by Gasteiger charge is -2.43. The maximum absolute atomic E-state index is 6.17. The van der Waals surface area contributed by atoms with E-state index in [9.17, 15) is 0 Å². The smallest absolute Gasteiger partial charge is 0.131 e. The number of hydrogen-bond acceptors (Lipinski definition) is 5. The van der Waals surface area contributed by atoms with Crippen LogP contribution in [0, 0.1) is 0 Å². The number of rotatable bonds is 6. The van der Waals surface area contributed by atoms with Crippen molar-refractivity contribution in [3.05, 3.63) is 54.1 Å². The Balaban J connectivity index is 1.33. The Labute approximate surface area is 187 Å². The van der Waals surface area contributed by atoms with Crippen LogP contribution >= 0.6 is 0 Å². The monoisotopic (exact) mass is 422 g/mol. The van der Waals surface area contributed by atoms with Crippen LogP contribution in [0.15, 0.2) is 42.7 Å². The number of ether oxygens (including phenoxy) is 1. The fourth-order valence-electron chi connectivity index (χ4n) is 4.95. The summed E-state index contributed by atoms with van der Waals surface area (Å²) in [6.45, 7) is 13.5. The largest absolute Gasteiger partial charge is 0.490 e. The van der Waals surface area contributed by atoms with Crippen molar-refractivity contribution in [2.75, 3.05) is 26.2 Å². The number of nitrogens with zero attached hydrogens (tertiary/aromatic N) is 4. The van der Waals surface area contributed by atoms with Crippen molar-refractivity contribution in [3.63, 3.8) is 0 Å². The van der Waals surface area contributed by atoms with Gasteiger partial charge >= 0.3 is 0 Å². The molecule has 0 amide bonds. The quantitative estimate of drug-likeness (QED) is 0.666. The first-order valence-electron chi connectivity index (χ1n) is 12.0. The normalized spacial score (nSPS) is 20.3. The highest BCUT2D eigenvalue weighted by molar-refractivity contribution is 5.22. The van der Waals surface area contributed by atoms with E-state index in [2.05, 4.69) is 49.9 Å². The molecule has 5 nitrogen and oxygen atoms in total. The van der Waals surface area contributed by atoms with Gasteiger partial charge in [0.1, 0.15) is 17.7 Å². The van der Waals surface area contributed by atoms with Gasteiger partial charge in [0.25, 0.3) is 0 Å². The van der Waals surface area contributed by atoms with Gasteiger partial charge in [0.05, 0.1) is 0 Å². The van der Waals surface area contributed by atoms with E-state index in [1.54, 1.807) is 0 Å². The summed E-state index contributed by atoms with van der Waals surface area (Å²) < 4.78 is 6.17. The average Bonchev–Trinajstić information content (AvgIpc) is 2.80. The fourth-order valence-corrected chi connectivity index (χ4v) is 4.95. The predicted octanol–water partition coefficient (Wildman–Crippen LogP) is 4.84. The van der Waals surface area contributed by atoms with Gasteiger partial charge in [0, 0.05) is 48.5 Å². The molecule has 2 aromatic rings. The summed E-state index contributed by atoms with van der Waals surface area (Å²) in [7, 11) is 0. The Kier molecular flexibility index (Phi) is 6.92. The lowest BCUT2D eigenvalue weighted by atomic mass is 9.91. The molecule has 2 aliphatic heterocycles. The summed E-state index contributed by atoms with van der Waals surface area (Å²) in [5, 5.41) is 0. The van der Waals surface area contributed by atoms with Crippen molar-refractivity contribution in [3.8, 4) is 5.75 Å². The van der Waals surface area contributed by atoms with Crippen LogP contribution in [-0.2, 0) is 5.54 Å². The minimum Gasteiger partial charge on any atom is -0.490 e. The maximum atomic E-state index is 6.17. The van der Waals surface area contributed by atoms with Crippen molar-refractivity contribution >= 4 is 0 Å². The Morgan fingerprint density at radius 1 is 0.903 bits per heavy atom. The third kappa shape index (κ3) is 5.27. The third-order valence-electron chi connectivity index (χ3n) is 7.28. The van der Waals surface area contributed by atoms with Gasteiger partial charge in [-0.15, -0.1) is 0 Å². The molecule has 2 saturated heterocycles. The highest BCUT2D eigenvalue weighted by atomic mass is 16.5. The van der Waals surface area contributed by atoms with E-state index in [4.69, 9.17) is 14.7 Å². The minimum absolute atomic E-state index is 0.0722. The highest BCUT2D eigenvalue weighted by Crippen LogP contribution is 2.32. The molecule has 0 spiro atoms. The van der Waals surface area contributed by atoms with Crippen LogP contribution in [0.5, 0.6) is 5.75 Å². The topological polar surface area (TPSA) is 41.5 Å². The summed E-state index contributed by atoms with van der Waals surface area (Å²) in [4.78, 5) is 14.8. The molecule has 2 fully saturated rings. The Morgan fingerprint density at radius 3 is 2.10 bits per heavy atom. The van der Waals surface area contributed by atoms with Gasteiger partial charge in [0.2, 0.25) is 0 Å². The van der Waals surface area contributed by atoms with E-state index in [0.29, 0.717) is 18.1 Å². The average molecular weight is 423 g/mol. The zero-order valence-electron chi connectivity index (χ0n) is 19.6. The van der Waals surface area contributed by atoms with Gasteiger partial charge in [-0.3, -0.25) is 4.90 Å². The summed E-state index contributed by atoms with van der Waals surface area (Å²) in [6.07, 6.45) is 8.86. The molecule has 2 aliphatic rings. The molecule has 0 bridgehead atoms. The molecule has 0 atom stereocenters. The second-order valence-electron chi connectivity index (χ2n) is 9.91. The van der Waals surface area contributed by atoms with Crippen molar-refractivity contribution < 1.29 is 4.74 Å². The second kappa shape index (κ2) is 9.66. The van der Waals surface area contributed by atoms with Crippen LogP contribution in [0.3, 0.4) is 0 Å². The molecule has 0 N–H and O–H groups in total. The summed E-state index contributed by atoms with van der Waals surface area (Å²) in [5.41, 5.74) is 1.13. The Bertz CT molecular complexity index is 805. The third-order valence-corrected chi connectivity index (χ3v) is 7.28. The van der Waals surface area contributed by atoms with Crippen LogP contribution in [0.25, 0.3) is 0 Å². The van der Waals surface area contributed by atoms with Gasteiger partial charge in [-0.1, -0.05) is 18.2 Å². The molecule has 1 aromatic carbocycles. The van der Waals surface area contributed by atoms with Gasteiger partial charge in [-0.25, -0.2) is 9.97 Å². The standard InChI is InChI=1S/C26H38N4O/c1-20(2)29-14-10-21(11-15-29)25-27-18-22(19-28-25)26(3,4)30-16-12-24(13-17-30)31-23-8-6-5-7-9-23/h5-9,18-21,24H,10-17H2,1-4H3. The molecule has 0 unspecified atom stereocenters. The number of para-hydroxylation sites is 1. The van der Waals surface area contributed by atoms with Crippen molar-refractivity contribution in [1.82, 2.24) is 19.8 Å². The molecule has 5 heteroatoms. The molecular formula is C26H38N4O. The summed E-state index contributed by atoms with van der Waals surface area (Å²) in [6, 6.07) is 10.8. The maximum Gasteiger partial charge on any atom is 0.131 e. The van der Waals surface area contributed by atoms with Crippen LogP contribution in [0.1, 0.15) is 70.7 Å². The predicted molar refractivity (Wildman–Crippen MR) is 125 cm³/mol. The molecule has 0 radical (unpaired) electrons. The molecule has 0 aliphatic carbocycles. The second-order valence-corrected chi connectivity index (χ2v) is 9.91. The molecule has 3 heterocycles.